The summed E-state index contributed by atoms with van der Waals surface area (Å²) in [6, 6.07) is 0.780. The molecule has 0 spiro atoms. The zero-order chi connectivity index (χ0) is 27.7. The van der Waals surface area contributed by atoms with E-state index in [-0.39, 0.29) is 36.7 Å². The molecule has 1 fully saturated rings. The summed E-state index contributed by atoms with van der Waals surface area (Å²) in [6.07, 6.45) is -5.45. The van der Waals surface area contributed by atoms with Gasteiger partial charge in [0, 0.05) is 55.3 Å². The number of rotatable bonds is 6. The van der Waals surface area contributed by atoms with Gasteiger partial charge in [-0.25, -0.2) is 29.4 Å². The largest absolute Gasteiger partial charge is 0.465 e. The van der Waals surface area contributed by atoms with Gasteiger partial charge in [0.2, 0.25) is 0 Å². The molecule has 0 saturated carbocycles. The first-order valence-electron chi connectivity index (χ1n) is 10.6. The second-order valence-electron chi connectivity index (χ2n) is 8.10. The van der Waals surface area contributed by atoms with Crippen LogP contribution in [-0.2, 0) is 17.1 Å². The van der Waals surface area contributed by atoms with Crippen LogP contribution in [0, 0.1) is 5.92 Å². The van der Waals surface area contributed by atoms with E-state index in [1.165, 1.54) is 29.8 Å². The maximum atomic E-state index is 13.2. The predicted octanol–water partition coefficient (Wildman–Crippen LogP) is 2.89. The van der Waals surface area contributed by atoms with Gasteiger partial charge in [0.05, 0.1) is 5.57 Å². The fraction of sp³-hybridized carbons (Fsp3) is 0.286. The monoisotopic (exact) mass is 542 g/mol. The first kappa shape index (κ1) is 26.5. The van der Waals surface area contributed by atoms with Crippen molar-refractivity contribution < 1.29 is 41.0 Å². The van der Waals surface area contributed by atoms with Gasteiger partial charge in [-0.15, -0.1) is 5.10 Å². The second kappa shape index (κ2) is 10.1. The number of carboxylic acid groups (broad SMARTS) is 1. The number of pyridine rings is 1. The zero-order valence-corrected chi connectivity index (χ0v) is 18.9. The number of nitrogens with zero attached hydrogens (tertiary/aromatic N) is 7. The summed E-state index contributed by atoms with van der Waals surface area (Å²) in [6.45, 7) is 0.624. The highest BCUT2D eigenvalue weighted by Gasteiger charge is 2.39. The van der Waals surface area contributed by atoms with Crippen molar-refractivity contribution >= 4 is 23.8 Å². The molecule has 1 aliphatic rings. The molecule has 1 saturated heterocycles. The molecule has 2 amide bonds. The number of alkyl halides is 6. The summed E-state index contributed by atoms with van der Waals surface area (Å²) < 4.78 is 79.9. The van der Waals surface area contributed by atoms with E-state index in [9.17, 15) is 35.9 Å². The van der Waals surface area contributed by atoms with Crippen molar-refractivity contribution in [1.82, 2.24) is 39.9 Å². The molecule has 2 N–H and O–H groups in total. The lowest BCUT2D eigenvalue weighted by Gasteiger charge is -2.39. The van der Waals surface area contributed by atoms with E-state index < -0.39 is 47.1 Å². The lowest BCUT2D eigenvalue weighted by Crippen LogP contribution is -2.53. The van der Waals surface area contributed by atoms with Crippen LogP contribution in [0.1, 0.15) is 17.0 Å². The summed E-state index contributed by atoms with van der Waals surface area (Å²) in [7, 11) is 0. The Kier molecular flexibility index (Phi) is 7.01. The van der Waals surface area contributed by atoms with E-state index in [0.717, 1.165) is 11.0 Å². The fourth-order valence-corrected chi connectivity index (χ4v) is 3.51. The van der Waals surface area contributed by atoms with Crippen molar-refractivity contribution in [3.05, 3.63) is 54.1 Å². The summed E-state index contributed by atoms with van der Waals surface area (Å²) >= 11 is 0. The summed E-state index contributed by atoms with van der Waals surface area (Å²) in [5, 5.41) is 14.9. The molecule has 0 radical (unpaired) electrons. The Labute approximate surface area is 208 Å². The van der Waals surface area contributed by atoms with Gasteiger partial charge in [0.1, 0.15) is 24.0 Å². The minimum absolute atomic E-state index is 0.00776. The van der Waals surface area contributed by atoms with Crippen LogP contribution in [0.15, 0.2) is 37.2 Å². The SMILES string of the molecule is O=C(O)NCC1CN(C(=O)/C(=C/n2cnc(-c3cc(C(F)(F)F)nc(C(F)(F)F)c3)n2)c2cncnc2)C1. The Hall–Kier alpha value is -4.57. The minimum Gasteiger partial charge on any atom is -0.465 e. The topological polar surface area (TPSA) is 139 Å². The number of nitrogens with one attached hydrogen (secondary N) is 1. The zero-order valence-electron chi connectivity index (χ0n) is 18.9. The molecule has 17 heteroatoms. The number of hydrogen-bond donors (Lipinski definition) is 2. The van der Waals surface area contributed by atoms with Crippen molar-refractivity contribution in [3.63, 3.8) is 0 Å². The Bertz CT molecular complexity index is 1340. The molecule has 38 heavy (non-hydrogen) atoms. The number of halogens is 6. The van der Waals surface area contributed by atoms with Gasteiger partial charge in [-0.1, -0.05) is 0 Å². The molecule has 0 aliphatic carbocycles. The number of amides is 2. The smallest absolute Gasteiger partial charge is 0.433 e. The van der Waals surface area contributed by atoms with Crippen LogP contribution in [0.2, 0.25) is 0 Å². The first-order chi connectivity index (χ1) is 17.8. The van der Waals surface area contributed by atoms with E-state index in [2.05, 4.69) is 30.4 Å². The van der Waals surface area contributed by atoms with Crippen LogP contribution >= 0.6 is 0 Å². The van der Waals surface area contributed by atoms with Crippen molar-refractivity contribution in [2.75, 3.05) is 19.6 Å². The average Bonchev–Trinajstić information content (AvgIpc) is 3.29. The fourth-order valence-electron chi connectivity index (χ4n) is 3.51. The first-order valence-corrected chi connectivity index (χ1v) is 10.6. The average molecular weight is 542 g/mol. The Morgan fingerprint density at radius 2 is 1.66 bits per heavy atom. The van der Waals surface area contributed by atoms with Crippen molar-refractivity contribution in [3.8, 4) is 11.4 Å². The third-order valence-electron chi connectivity index (χ3n) is 5.32. The number of likely N-dealkylation sites (tertiary alicyclic amines) is 1. The number of carbonyl (C=O) groups is 2. The van der Waals surface area contributed by atoms with Gasteiger partial charge in [-0.3, -0.25) is 4.79 Å². The minimum atomic E-state index is -5.15. The Balaban J connectivity index is 1.65. The Morgan fingerprint density at radius 3 is 2.21 bits per heavy atom. The number of carbonyl (C=O) groups excluding carboxylic acids is 1. The normalized spacial score (nSPS) is 14.8. The molecule has 11 nitrogen and oxygen atoms in total. The molecule has 0 unspecified atom stereocenters. The van der Waals surface area contributed by atoms with Gasteiger partial charge in [0.25, 0.3) is 5.91 Å². The van der Waals surface area contributed by atoms with Crippen molar-refractivity contribution in [2.45, 2.75) is 12.4 Å². The molecule has 0 atom stereocenters. The highest BCUT2D eigenvalue weighted by molar-refractivity contribution is 6.22. The molecule has 3 aromatic heterocycles. The molecule has 1 aliphatic heterocycles. The lowest BCUT2D eigenvalue weighted by molar-refractivity contribution is -0.150. The summed E-state index contributed by atoms with van der Waals surface area (Å²) in [5.74, 6) is -1.09. The lowest BCUT2D eigenvalue weighted by atomic mass is 9.98. The third kappa shape index (κ3) is 6.04. The molecule has 4 heterocycles. The molecular weight excluding hydrogens is 526 g/mol. The maximum absolute atomic E-state index is 13.2. The molecule has 4 rings (SSSR count). The van der Waals surface area contributed by atoms with Gasteiger partial charge in [-0.2, -0.15) is 26.3 Å². The van der Waals surface area contributed by atoms with Gasteiger partial charge < -0.3 is 15.3 Å². The van der Waals surface area contributed by atoms with E-state index in [1.807, 2.05) is 0 Å². The molecular formula is C21H16F6N8O3. The van der Waals surface area contributed by atoms with Crippen LogP contribution < -0.4 is 5.32 Å². The second-order valence-corrected chi connectivity index (χ2v) is 8.10. The maximum Gasteiger partial charge on any atom is 0.433 e. The van der Waals surface area contributed by atoms with Crippen LogP contribution in [-0.4, -0.2) is 71.4 Å². The molecule has 0 bridgehead atoms. The summed E-state index contributed by atoms with van der Waals surface area (Å²) in [4.78, 5) is 39.4. The van der Waals surface area contributed by atoms with Gasteiger partial charge in [0.15, 0.2) is 5.82 Å². The van der Waals surface area contributed by atoms with E-state index >= 15 is 0 Å². The predicted molar refractivity (Wildman–Crippen MR) is 116 cm³/mol. The van der Waals surface area contributed by atoms with Gasteiger partial charge in [-0.05, 0) is 12.1 Å². The highest BCUT2D eigenvalue weighted by atomic mass is 19.4. The van der Waals surface area contributed by atoms with Crippen LogP contribution in [0.4, 0.5) is 31.1 Å². The summed E-state index contributed by atoms with van der Waals surface area (Å²) in [5.41, 5.74) is -3.86. The van der Waals surface area contributed by atoms with E-state index in [1.54, 1.807) is 0 Å². The van der Waals surface area contributed by atoms with E-state index in [0.29, 0.717) is 12.1 Å². The number of hydrogen-bond acceptors (Lipinski definition) is 7. The molecule has 0 aromatic carbocycles. The van der Waals surface area contributed by atoms with E-state index in [4.69, 9.17) is 5.11 Å². The number of aromatic nitrogens is 6. The third-order valence-corrected chi connectivity index (χ3v) is 5.32. The Morgan fingerprint density at radius 1 is 1.05 bits per heavy atom. The molecule has 3 aromatic rings. The van der Waals surface area contributed by atoms with Crippen LogP contribution in [0.25, 0.3) is 23.2 Å². The van der Waals surface area contributed by atoms with Crippen molar-refractivity contribution in [1.29, 1.82) is 0 Å². The standard InChI is InChI=1S/C21H16F6N8O3/c22-20(23,24)15-1-12(2-16(32-15)21(25,26)27)17-31-10-35(33-17)8-14(13-4-28-9-29-5-13)18(36)34-6-11(7-34)3-30-19(37)38/h1-2,4-5,8-11,30H,3,6-7H2,(H,37,38)/b14-8+. The van der Waals surface area contributed by atoms with Gasteiger partial charge >= 0.3 is 18.4 Å². The van der Waals surface area contributed by atoms with Crippen LogP contribution in [0.5, 0.6) is 0 Å². The highest BCUT2D eigenvalue weighted by Crippen LogP contribution is 2.35. The molecule has 200 valence electrons. The quantitative estimate of drug-likeness (QED) is 0.358. The van der Waals surface area contributed by atoms with Crippen LogP contribution in [0.3, 0.4) is 0 Å². The van der Waals surface area contributed by atoms with Crippen molar-refractivity contribution in [2.24, 2.45) is 5.92 Å².